The molecule has 0 aliphatic heterocycles. The van der Waals surface area contributed by atoms with Crippen LogP contribution >= 0.6 is 0 Å². The highest BCUT2D eigenvalue weighted by Crippen LogP contribution is 2.23. The van der Waals surface area contributed by atoms with Gasteiger partial charge in [0.15, 0.2) is 0 Å². The van der Waals surface area contributed by atoms with E-state index in [4.69, 9.17) is 5.73 Å². The number of benzene rings is 1. The quantitative estimate of drug-likeness (QED) is 0.256. The maximum absolute atomic E-state index is 6.35. The lowest BCUT2D eigenvalue weighted by atomic mass is 9.92. The molecule has 0 saturated carbocycles. The van der Waals surface area contributed by atoms with Crippen molar-refractivity contribution in [3.63, 3.8) is 0 Å². The average Bonchev–Trinajstić information content (AvgIpc) is 2.69. The van der Waals surface area contributed by atoms with Crippen molar-refractivity contribution >= 4 is 0 Å². The van der Waals surface area contributed by atoms with E-state index in [1.807, 2.05) is 0 Å². The average molecular weight is 374 g/mol. The molecule has 1 aromatic carbocycles. The van der Waals surface area contributed by atoms with Crippen molar-refractivity contribution in [2.45, 2.75) is 123 Å². The van der Waals surface area contributed by atoms with Crippen LogP contribution in [0.1, 0.15) is 128 Å². The summed E-state index contributed by atoms with van der Waals surface area (Å²) in [6.45, 7) is 4.66. The molecule has 2 unspecified atom stereocenters. The molecule has 0 radical (unpaired) electrons. The molecule has 0 fully saturated rings. The molecule has 156 valence electrons. The van der Waals surface area contributed by atoms with Crippen molar-refractivity contribution < 1.29 is 0 Å². The molecule has 0 aliphatic carbocycles. The lowest BCUT2D eigenvalue weighted by Gasteiger charge is -2.17. The minimum absolute atomic E-state index is 0.202. The molecule has 0 amide bonds. The summed E-state index contributed by atoms with van der Waals surface area (Å²) in [6, 6.07) is 10.8. The molecule has 0 heterocycles. The van der Waals surface area contributed by atoms with E-state index < -0.39 is 0 Å². The highest BCUT2D eigenvalue weighted by molar-refractivity contribution is 5.18. The fourth-order valence-electron chi connectivity index (χ4n) is 4.08. The molecule has 1 nitrogen and oxygen atoms in total. The van der Waals surface area contributed by atoms with Gasteiger partial charge >= 0.3 is 0 Å². The van der Waals surface area contributed by atoms with Gasteiger partial charge in [-0.2, -0.15) is 0 Å². The van der Waals surface area contributed by atoms with Crippen LogP contribution < -0.4 is 5.73 Å². The van der Waals surface area contributed by atoms with E-state index in [9.17, 15) is 0 Å². The second kappa shape index (κ2) is 17.3. The number of hydrogen-bond donors (Lipinski definition) is 1. The van der Waals surface area contributed by atoms with Gasteiger partial charge in [0.2, 0.25) is 0 Å². The van der Waals surface area contributed by atoms with Gasteiger partial charge in [0, 0.05) is 6.04 Å². The molecule has 2 atom stereocenters. The van der Waals surface area contributed by atoms with Gasteiger partial charge in [-0.25, -0.2) is 0 Å². The molecular formula is C26H47N. The first-order valence-electron chi connectivity index (χ1n) is 12.0. The molecular weight excluding hydrogens is 326 g/mol. The zero-order valence-electron chi connectivity index (χ0n) is 18.4. The molecule has 0 saturated heterocycles. The van der Waals surface area contributed by atoms with E-state index in [0.717, 1.165) is 12.3 Å². The third-order valence-electron chi connectivity index (χ3n) is 5.93. The van der Waals surface area contributed by atoms with Crippen LogP contribution in [0.2, 0.25) is 0 Å². The Morgan fingerprint density at radius 1 is 0.667 bits per heavy atom. The lowest BCUT2D eigenvalue weighted by molar-refractivity contribution is 0.420. The molecule has 0 aliphatic rings. The van der Waals surface area contributed by atoms with Crippen molar-refractivity contribution in [1.29, 1.82) is 0 Å². The molecule has 1 heteroatoms. The second-order valence-corrected chi connectivity index (χ2v) is 8.74. The summed E-state index contributed by atoms with van der Waals surface area (Å²) in [5.41, 5.74) is 7.63. The van der Waals surface area contributed by atoms with Crippen LogP contribution in [0, 0.1) is 5.92 Å². The Kier molecular flexibility index (Phi) is 15.5. The fraction of sp³-hybridized carbons (Fsp3) is 0.769. The minimum Gasteiger partial charge on any atom is -0.324 e. The number of hydrogen-bond acceptors (Lipinski definition) is 1. The van der Waals surface area contributed by atoms with Crippen molar-refractivity contribution in [2.24, 2.45) is 11.7 Å². The van der Waals surface area contributed by atoms with Crippen molar-refractivity contribution in [3.05, 3.63) is 35.9 Å². The first-order chi connectivity index (χ1) is 13.2. The monoisotopic (exact) mass is 373 g/mol. The zero-order valence-corrected chi connectivity index (χ0v) is 18.4. The van der Waals surface area contributed by atoms with Crippen LogP contribution in [0.15, 0.2) is 30.3 Å². The number of unbranched alkanes of at least 4 members (excludes halogenated alkanes) is 13. The third-order valence-corrected chi connectivity index (χ3v) is 5.93. The van der Waals surface area contributed by atoms with E-state index >= 15 is 0 Å². The molecule has 1 rings (SSSR count). The van der Waals surface area contributed by atoms with Crippen LogP contribution in [0.25, 0.3) is 0 Å². The Balaban J connectivity index is 1.84. The van der Waals surface area contributed by atoms with E-state index in [1.54, 1.807) is 0 Å². The van der Waals surface area contributed by atoms with E-state index in [0.29, 0.717) is 0 Å². The second-order valence-electron chi connectivity index (χ2n) is 8.74. The van der Waals surface area contributed by atoms with Gasteiger partial charge in [0.25, 0.3) is 0 Å². The summed E-state index contributed by atoms with van der Waals surface area (Å²) in [5, 5.41) is 0. The smallest absolute Gasteiger partial charge is 0.0297 e. The van der Waals surface area contributed by atoms with E-state index in [-0.39, 0.29) is 6.04 Å². The summed E-state index contributed by atoms with van der Waals surface area (Å²) < 4.78 is 0. The zero-order chi connectivity index (χ0) is 19.6. The van der Waals surface area contributed by atoms with Gasteiger partial charge in [-0.1, -0.05) is 140 Å². The molecule has 27 heavy (non-hydrogen) atoms. The molecule has 0 spiro atoms. The van der Waals surface area contributed by atoms with E-state index in [2.05, 4.69) is 44.2 Å². The Morgan fingerprint density at radius 2 is 1.11 bits per heavy atom. The standard InChI is InChI=1S/C26H47N/c1-3-4-5-6-7-8-9-10-11-12-13-14-15-17-20-24(2)23-26(27)25-21-18-16-19-22-25/h16,18-19,21-22,24,26H,3-15,17,20,23,27H2,1-2H3. The first-order valence-corrected chi connectivity index (χ1v) is 12.0. The highest BCUT2D eigenvalue weighted by atomic mass is 14.6. The van der Waals surface area contributed by atoms with Gasteiger partial charge in [-0.3, -0.25) is 0 Å². The maximum Gasteiger partial charge on any atom is 0.0297 e. The van der Waals surface area contributed by atoms with Crippen LogP contribution in [-0.4, -0.2) is 0 Å². The summed E-state index contributed by atoms with van der Waals surface area (Å²) >= 11 is 0. The fourth-order valence-corrected chi connectivity index (χ4v) is 4.08. The Labute approximate surface area is 170 Å². The Morgan fingerprint density at radius 3 is 1.59 bits per heavy atom. The van der Waals surface area contributed by atoms with Gasteiger partial charge in [0.05, 0.1) is 0 Å². The molecule has 2 N–H and O–H groups in total. The first kappa shape index (κ1) is 24.2. The summed E-state index contributed by atoms with van der Waals surface area (Å²) in [6.07, 6.45) is 22.6. The maximum atomic E-state index is 6.35. The van der Waals surface area contributed by atoms with Crippen LogP contribution in [0.4, 0.5) is 0 Å². The minimum atomic E-state index is 0.202. The topological polar surface area (TPSA) is 26.0 Å². The molecule has 0 bridgehead atoms. The van der Waals surface area contributed by atoms with Crippen LogP contribution in [0.3, 0.4) is 0 Å². The normalized spacial score (nSPS) is 13.6. The number of nitrogens with two attached hydrogens (primary N) is 1. The molecule has 0 aromatic heterocycles. The van der Waals surface area contributed by atoms with E-state index in [1.165, 1.54) is 102 Å². The Bertz CT molecular complexity index is 413. The van der Waals surface area contributed by atoms with Gasteiger partial charge in [0.1, 0.15) is 0 Å². The van der Waals surface area contributed by atoms with Crippen LogP contribution in [0.5, 0.6) is 0 Å². The lowest BCUT2D eigenvalue weighted by Crippen LogP contribution is -2.14. The summed E-state index contributed by atoms with van der Waals surface area (Å²) in [5.74, 6) is 0.734. The predicted molar refractivity (Wildman–Crippen MR) is 122 cm³/mol. The largest absolute Gasteiger partial charge is 0.324 e. The van der Waals surface area contributed by atoms with Crippen molar-refractivity contribution in [2.75, 3.05) is 0 Å². The SMILES string of the molecule is CCCCCCCCCCCCCCCCC(C)CC(N)c1ccccc1. The van der Waals surface area contributed by atoms with Crippen LogP contribution in [-0.2, 0) is 0 Å². The van der Waals surface area contributed by atoms with Crippen molar-refractivity contribution in [1.82, 2.24) is 0 Å². The predicted octanol–water partition coefficient (Wildman–Crippen LogP) is 8.58. The van der Waals surface area contributed by atoms with Gasteiger partial charge in [-0.15, -0.1) is 0 Å². The number of rotatable bonds is 18. The van der Waals surface area contributed by atoms with Crippen molar-refractivity contribution in [3.8, 4) is 0 Å². The third kappa shape index (κ3) is 13.9. The highest BCUT2D eigenvalue weighted by Gasteiger charge is 2.10. The van der Waals surface area contributed by atoms with Gasteiger partial charge < -0.3 is 5.73 Å². The molecule has 1 aromatic rings. The summed E-state index contributed by atoms with van der Waals surface area (Å²) in [7, 11) is 0. The summed E-state index contributed by atoms with van der Waals surface area (Å²) in [4.78, 5) is 0. The van der Waals surface area contributed by atoms with Gasteiger partial charge in [-0.05, 0) is 17.9 Å². The Hall–Kier alpha value is -0.820.